The van der Waals surface area contributed by atoms with E-state index in [9.17, 15) is 0 Å². The molecule has 0 heterocycles. The average Bonchev–Trinajstić information content (AvgIpc) is 2.77. The summed E-state index contributed by atoms with van der Waals surface area (Å²) in [6.07, 6.45) is 0. The maximum absolute atomic E-state index is 5.87. The van der Waals surface area contributed by atoms with Crippen LogP contribution in [-0.2, 0) is 5.41 Å². The lowest BCUT2D eigenvalue weighted by Gasteiger charge is -2.27. The van der Waals surface area contributed by atoms with Crippen LogP contribution in [-0.4, -0.2) is 7.11 Å². The fourth-order valence-corrected chi connectivity index (χ4v) is 3.57. The zero-order valence-corrected chi connectivity index (χ0v) is 20.4. The molecule has 1 nitrogen and oxygen atoms in total. The van der Waals surface area contributed by atoms with Gasteiger partial charge in [-0.3, -0.25) is 0 Å². The Bertz CT molecular complexity index is 819. The minimum atomic E-state index is 0.0870. The van der Waals surface area contributed by atoms with E-state index in [4.69, 9.17) is 4.74 Å². The quantitative estimate of drug-likeness (QED) is 0.396. The van der Waals surface area contributed by atoms with Crippen LogP contribution in [0, 0.1) is 6.92 Å². The van der Waals surface area contributed by atoms with E-state index in [0.717, 1.165) is 5.75 Å². The molecule has 0 N–H and O–H groups in total. The fourth-order valence-electron chi connectivity index (χ4n) is 3.57. The van der Waals surface area contributed by atoms with Crippen molar-refractivity contribution in [3.8, 4) is 5.75 Å². The van der Waals surface area contributed by atoms with E-state index >= 15 is 0 Å². The van der Waals surface area contributed by atoms with Gasteiger partial charge in [-0.2, -0.15) is 0 Å². The van der Waals surface area contributed by atoms with Crippen molar-refractivity contribution >= 4 is 0 Å². The Morgan fingerprint density at radius 3 is 1.50 bits per heavy atom. The second-order valence-electron chi connectivity index (χ2n) is 7.92. The Morgan fingerprint density at radius 1 is 0.700 bits per heavy atom. The van der Waals surface area contributed by atoms with E-state index in [0.29, 0.717) is 0 Å². The van der Waals surface area contributed by atoms with Crippen molar-refractivity contribution in [3.05, 3.63) is 101 Å². The van der Waals surface area contributed by atoms with Crippen LogP contribution in [0.1, 0.15) is 82.2 Å². The normalized spacial score (nSPS) is 10.5. The Labute approximate surface area is 185 Å². The molecule has 3 rings (SSSR count). The summed E-state index contributed by atoms with van der Waals surface area (Å²) in [4.78, 5) is 0. The van der Waals surface area contributed by atoms with Gasteiger partial charge < -0.3 is 4.74 Å². The number of hydrogen-bond acceptors (Lipinski definition) is 1. The van der Waals surface area contributed by atoms with Crippen LogP contribution in [0.15, 0.2) is 72.8 Å². The van der Waals surface area contributed by atoms with Crippen molar-refractivity contribution in [3.63, 3.8) is 0 Å². The lowest BCUT2D eigenvalue weighted by molar-refractivity contribution is 0.405. The van der Waals surface area contributed by atoms with E-state index in [1.165, 1.54) is 27.8 Å². The molecule has 0 spiro atoms. The summed E-state index contributed by atoms with van der Waals surface area (Å²) in [7, 11) is 1.77. The van der Waals surface area contributed by atoms with Crippen molar-refractivity contribution in [2.24, 2.45) is 0 Å². The van der Waals surface area contributed by atoms with Gasteiger partial charge in [-0.1, -0.05) is 121 Å². The summed E-state index contributed by atoms with van der Waals surface area (Å²) in [6.45, 7) is 16.9. The third-order valence-corrected chi connectivity index (χ3v) is 4.95. The van der Waals surface area contributed by atoms with E-state index in [2.05, 4.69) is 100 Å². The number of rotatable bonds is 4. The van der Waals surface area contributed by atoms with Gasteiger partial charge >= 0.3 is 0 Å². The van der Waals surface area contributed by atoms with Crippen LogP contribution < -0.4 is 4.74 Å². The predicted molar refractivity (Wildman–Crippen MR) is 133 cm³/mol. The zero-order chi connectivity index (χ0) is 22.7. The highest BCUT2D eigenvalue weighted by Crippen LogP contribution is 2.41. The summed E-state index contributed by atoms with van der Waals surface area (Å²) in [6, 6.07) is 26.0. The van der Waals surface area contributed by atoms with Crippen LogP contribution in [0.5, 0.6) is 5.75 Å². The van der Waals surface area contributed by atoms with Gasteiger partial charge in [0.1, 0.15) is 5.75 Å². The van der Waals surface area contributed by atoms with Gasteiger partial charge in [0.25, 0.3) is 0 Å². The van der Waals surface area contributed by atoms with E-state index < -0.39 is 0 Å². The first-order valence-electron chi connectivity index (χ1n) is 11.2. The van der Waals surface area contributed by atoms with E-state index in [1.54, 1.807) is 7.11 Å². The maximum atomic E-state index is 5.87. The molecule has 0 unspecified atom stereocenters. The van der Waals surface area contributed by atoms with E-state index in [1.807, 2.05) is 27.7 Å². The third-order valence-electron chi connectivity index (χ3n) is 4.95. The third kappa shape index (κ3) is 6.23. The van der Waals surface area contributed by atoms with Gasteiger partial charge in [-0.15, -0.1) is 0 Å². The number of methoxy groups -OCH3 is 1. The lowest BCUT2D eigenvalue weighted by atomic mass is 9.79. The molecule has 0 radical (unpaired) electrons. The molecule has 0 aromatic heterocycles. The highest BCUT2D eigenvalue weighted by molar-refractivity contribution is 5.54. The largest absolute Gasteiger partial charge is 0.496 e. The van der Waals surface area contributed by atoms with Crippen molar-refractivity contribution < 1.29 is 4.74 Å². The number of ether oxygens (including phenoxy) is 1. The Kier molecular flexibility index (Phi) is 10.4. The number of aryl methyl sites for hydroxylation is 1. The molecule has 0 bridgehead atoms. The molecule has 30 heavy (non-hydrogen) atoms. The van der Waals surface area contributed by atoms with E-state index in [-0.39, 0.29) is 11.3 Å². The van der Waals surface area contributed by atoms with Crippen molar-refractivity contribution in [2.45, 2.75) is 66.7 Å². The first-order valence-corrected chi connectivity index (χ1v) is 11.2. The van der Waals surface area contributed by atoms with Crippen molar-refractivity contribution in [1.82, 2.24) is 0 Å². The number of hydrogen-bond donors (Lipinski definition) is 0. The monoisotopic (exact) mass is 404 g/mol. The van der Waals surface area contributed by atoms with Crippen LogP contribution in [0.4, 0.5) is 0 Å². The summed E-state index contributed by atoms with van der Waals surface area (Å²) < 4.78 is 5.87. The molecule has 0 atom stereocenters. The highest BCUT2D eigenvalue weighted by atomic mass is 16.5. The van der Waals surface area contributed by atoms with Gasteiger partial charge in [0.2, 0.25) is 0 Å². The summed E-state index contributed by atoms with van der Waals surface area (Å²) in [5, 5.41) is 0. The molecule has 0 saturated heterocycles. The molecule has 0 amide bonds. The topological polar surface area (TPSA) is 9.23 Å². The fraction of sp³-hybridized carbons (Fsp3) is 0.379. The smallest absolute Gasteiger partial charge is 0.125 e. The van der Waals surface area contributed by atoms with Gasteiger partial charge in [0.05, 0.1) is 7.11 Å². The molecular weight excluding hydrogens is 364 g/mol. The standard InChI is InChI=1S/C25H28O.2C2H6/c1-18-16-21(25(2,3)4)17-22(24(18)26-5)23(19-12-8-6-9-13-19)20-14-10-7-11-15-20;2*1-2/h6-17,23H,1-5H3;2*1-2H3. The lowest BCUT2D eigenvalue weighted by Crippen LogP contribution is -2.14. The van der Waals surface area contributed by atoms with Gasteiger partial charge in [-0.05, 0) is 34.6 Å². The first kappa shape index (κ1) is 25.5. The van der Waals surface area contributed by atoms with Gasteiger partial charge in [0, 0.05) is 11.5 Å². The molecular formula is C29H40O. The molecule has 0 saturated carbocycles. The second kappa shape index (κ2) is 12.2. The van der Waals surface area contributed by atoms with Gasteiger partial charge in [0.15, 0.2) is 0 Å². The highest BCUT2D eigenvalue weighted by Gasteiger charge is 2.25. The second-order valence-corrected chi connectivity index (χ2v) is 7.92. The van der Waals surface area contributed by atoms with Crippen LogP contribution in [0.25, 0.3) is 0 Å². The average molecular weight is 405 g/mol. The van der Waals surface area contributed by atoms with Crippen molar-refractivity contribution in [2.75, 3.05) is 7.11 Å². The SMILES string of the molecule is CC.CC.COc1c(C)cc(C(C)(C)C)cc1C(c1ccccc1)c1ccccc1. The predicted octanol–water partition coefficient (Wildman–Crippen LogP) is 8.53. The molecule has 162 valence electrons. The molecule has 3 aromatic carbocycles. The summed E-state index contributed by atoms with van der Waals surface area (Å²) in [5.74, 6) is 1.13. The van der Waals surface area contributed by atoms with Crippen LogP contribution >= 0.6 is 0 Å². The van der Waals surface area contributed by atoms with Crippen molar-refractivity contribution in [1.29, 1.82) is 0 Å². The minimum Gasteiger partial charge on any atom is -0.496 e. The van der Waals surface area contributed by atoms with Crippen LogP contribution in [0.3, 0.4) is 0 Å². The first-order chi connectivity index (χ1) is 14.4. The molecule has 0 aliphatic carbocycles. The Morgan fingerprint density at radius 2 is 1.13 bits per heavy atom. The Balaban J connectivity index is 0.00000106. The Hall–Kier alpha value is -2.54. The van der Waals surface area contributed by atoms with Gasteiger partial charge in [-0.25, -0.2) is 0 Å². The zero-order valence-electron chi connectivity index (χ0n) is 20.4. The molecule has 1 heteroatoms. The summed E-state index contributed by atoms with van der Waals surface area (Å²) >= 11 is 0. The molecule has 0 aliphatic rings. The van der Waals surface area contributed by atoms with Crippen LogP contribution in [0.2, 0.25) is 0 Å². The summed E-state index contributed by atoms with van der Waals surface area (Å²) in [5.41, 5.74) is 6.40. The molecule has 3 aromatic rings. The number of benzene rings is 3. The molecule has 0 aliphatic heterocycles. The maximum Gasteiger partial charge on any atom is 0.125 e. The minimum absolute atomic E-state index is 0.0870. The molecule has 0 fully saturated rings.